The van der Waals surface area contributed by atoms with Gasteiger partial charge in [0.2, 0.25) is 0 Å². The van der Waals surface area contributed by atoms with Crippen LogP contribution in [-0.2, 0) is 0 Å². The summed E-state index contributed by atoms with van der Waals surface area (Å²) in [6, 6.07) is 11.1. The Morgan fingerprint density at radius 1 is 0.812 bits per heavy atom. The third kappa shape index (κ3) is 1.63. The second kappa shape index (κ2) is 3.89. The Balaban J connectivity index is 2.74. The van der Waals surface area contributed by atoms with E-state index in [1.165, 1.54) is 6.07 Å². The van der Waals surface area contributed by atoms with Crippen LogP contribution in [0.4, 0.5) is 0 Å². The maximum Gasteiger partial charge on any atom is 0.122 e. The van der Waals surface area contributed by atoms with Gasteiger partial charge in [-0.3, -0.25) is 0 Å². The first-order chi connectivity index (χ1) is 7.61. The second-order valence-corrected chi connectivity index (χ2v) is 3.91. The molecule has 0 fully saturated rings. The van der Waals surface area contributed by atoms with E-state index in [-0.39, 0.29) is 11.5 Å². The molecule has 0 radical (unpaired) electrons. The molecule has 2 heteroatoms. The molecule has 0 spiro atoms. The Hall–Kier alpha value is -1.96. The van der Waals surface area contributed by atoms with Crippen molar-refractivity contribution >= 4 is 0 Å². The molecule has 0 aliphatic heterocycles. The predicted molar refractivity (Wildman–Crippen MR) is 64.7 cm³/mol. The van der Waals surface area contributed by atoms with Gasteiger partial charge in [-0.25, -0.2) is 0 Å². The summed E-state index contributed by atoms with van der Waals surface area (Å²) < 4.78 is 0. The van der Waals surface area contributed by atoms with Crippen molar-refractivity contribution in [2.75, 3.05) is 0 Å². The zero-order valence-electron chi connectivity index (χ0n) is 9.36. The van der Waals surface area contributed by atoms with Crippen LogP contribution in [0.25, 0.3) is 11.1 Å². The van der Waals surface area contributed by atoms with Crippen molar-refractivity contribution in [3.05, 3.63) is 47.5 Å². The minimum Gasteiger partial charge on any atom is -0.508 e. The van der Waals surface area contributed by atoms with Gasteiger partial charge in [-0.05, 0) is 36.1 Å². The molecule has 0 aliphatic rings. The van der Waals surface area contributed by atoms with E-state index in [1.54, 1.807) is 0 Å². The normalized spacial score (nSPS) is 10.4. The molecule has 0 aliphatic carbocycles. The van der Waals surface area contributed by atoms with Crippen molar-refractivity contribution in [3.63, 3.8) is 0 Å². The van der Waals surface area contributed by atoms with Gasteiger partial charge in [-0.2, -0.15) is 0 Å². The van der Waals surface area contributed by atoms with Gasteiger partial charge in [0, 0.05) is 6.07 Å². The number of phenolic OH excluding ortho intramolecular Hbond substituents is 2. The molecule has 2 nitrogen and oxygen atoms in total. The van der Waals surface area contributed by atoms with Gasteiger partial charge in [0.15, 0.2) is 0 Å². The molecular formula is C14H14O2. The molecule has 0 aromatic heterocycles. The summed E-state index contributed by atoms with van der Waals surface area (Å²) in [4.78, 5) is 0. The van der Waals surface area contributed by atoms with E-state index < -0.39 is 0 Å². The molecule has 0 unspecified atom stereocenters. The smallest absolute Gasteiger partial charge is 0.122 e. The third-order valence-corrected chi connectivity index (χ3v) is 2.85. The molecule has 82 valence electrons. The first-order valence-corrected chi connectivity index (χ1v) is 5.19. The molecule has 2 aromatic rings. The molecular weight excluding hydrogens is 200 g/mol. The SMILES string of the molecule is Cc1c(O)cc(O)c(C)c1-c1ccccc1. The van der Waals surface area contributed by atoms with Crippen LogP contribution in [0.3, 0.4) is 0 Å². The molecule has 2 rings (SSSR count). The Morgan fingerprint density at radius 2 is 1.31 bits per heavy atom. The maximum absolute atomic E-state index is 9.71. The Bertz CT molecular complexity index is 490. The van der Waals surface area contributed by atoms with E-state index in [2.05, 4.69) is 0 Å². The number of hydrogen-bond donors (Lipinski definition) is 2. The maximum atomic E-state index is 9.71. The number of aromatic hydroxyl groups is 2. The van der Waals surface area contributed by atoms with Crippen LogP contribution in [-0.4, -0.2) is 10.2 Å². The summed E-state index contributed by atoms with van der Waals surface area (Å²) in [5.41, 5.74) is 3.49. The van der Waals surface area contributed by atoms with E-state index in [4.69, 9.17) is 0 Å². The Labute approximate surface area is 94.8 Å². The predicted octanol–water partition coefficient (Wildman–Crippen LogP) is 3.38. The average Bonchev–Trinajstić information content (AvgIpc) is 2.28. The highest BCUT2D eigenvalue weighted by Crippen LogP contribution is 2.37. The number of benzene rings is 2. The van der Waals surface area contributed by atoms with Gasteiger partial charge in [-0.15, -0.1) is 0 Å². The highest BCUT2D eigenvalue weighted by Gasteiger charge is 2.12. The molecule has 16 heavy (non-hydrogen) atoms. The summed E-state index contributed by atoms with van der Waals surface area (Å²) in [6.45, 7) is 3.70. The zero-order chi connectivity index (χ0) is 11.7. The molecule has 0 saturated carbocycles. The van der Waals surface area contributed by atoms with Crippen LogP contribution in [0.2, 0.25) is 0 Å². The molecule has 2 aromatic carbocycles. The minimum absolute atomic E-state index is 0.127. The van der Waals surface area contributed by atoms with Crippen LogP contribution in [0.1, 0.15) is 11.1 Å². The van der Waals surface area contributed by atoms with Crippen molar-refractivity contribution < 1.29 is 10.2 Å². The largest absolute Gasteiger partial charge is 0.508 e. The monoisotopic (exact) mass is 214 g/mol. The molecule has 2 N–H and O–H groups in total. The summed E-state index contributed by atoms with van der Waals surface area (Å²) in [5, 5.41) is 19.4. The fourth-order valence-corrected chi connectivity index (χ4v) is 1.92. The summed E-state index contributed by atoms with van der Waals surface area (Å²) in [7, 11) is 0. The number of phenols is 2. The summed E-state index contributed by atoms with van der Waals surface area (Å²) >= 11 is 0. The average molecular weight is 214 g/mol. The summed E-state index contributed by atoms with van der Waals surface area (Å²) in [5.74, 6) is 0.254. The molecule has 0 bridgehead atoms. The van der Waals surface area contributed by atoms with E-state index in [0.29, 0.717) is 0 Å². The lowest BCUT2D eigenvalue weighted by atomic mass is 9.94. The molecule has 0 saturated heterocycles. The van der Waals surface area contributed by atoms with Crippen LogP contribution < -0.4 is 0 Å². The molecule has 0 amide bonds. The van der Waals surface area contributed by atoms with Gasteiger partial charge in [0.1, 0.15) is 11.5 Å². The minimum atomic E-state index is 0.127. The van der Waals surface area contributed by atoms with Gasteiger partial charge in [-0.1, -0.05) is 30.3 Å². The van der Waals surface area contributed by atoms with Crippen LogP contribution >= 0.6 is 0 Å². The summed E-state index contributed by atoms with van der Waals surface area (Å²) in [6.07, 6.45) is 0. The fraction of sp³-hybridized carbons (Fsp3) is 0.143. The standard InChI is InChI=1S/C14H14O2/c1-9-12(15)8-13(16)10(2)14(9)11-6-4-3-5-7-11/h3-8,15-16H,1-2H3. The highest BCUT2D eigenvalue weighted by atomic mass is 16.3. The second-order valence-electron chi connectivity index (χ2n) is 3.91. The Kier molecular flexibility index (Phi) is 2.57. The Morgan fingerprint density at radius 3 is 1.81 bits per heavy atom. The topological polar surface area (TPSA) is 40.5 Å². The van der Waals surface area contributed by atoms with Crippen LogP contribution in [0.15, 0.2) is 36.4 Å². The van der Waals surface area contributed by atoms with E-state index >= 15 is 0 Å². The lowest BCUT2D eigenvalue weighted by Crippen LogP contribution is -1.89. The molecule has 0 atom stereocenters. The highest BCUT2D eigenvalue weighted by molar-refractivity contribution is 5.75. The molecule has 0 heterocycles. The lowest BCUT2D eigenvalue weighted by molar-refractivity contribution is 0.446. The fourth-order valence-electron chi connectivity index (χ4n) is 1.92. The number of hydrogen-bond acceptors (Lipinski definition) is 2. The lowest BCUT2D eigenvalue weighted by Gasteiger charge is -2.13. The number of rotatable bonds is 1. The van der Waals surface area contributed by atoms with Crippen molar-refractivity contribution in [2.45, 2.75) is 13.8 Å². The quantitative estimate of drug-likeness (QED) is 0.764. The van der Waals surface area contributed by atoms with Crippen LogP contribution in [0, 0.1) is 13.8 Å². The van der Waals surface area contributed by atoms with Crippen molar-refractivity contribution in [1.29, 1.82) is 0 Å². The van der Waals surface area contributed by atoms with Gasteiger partial charge in [0.25, 0.3) is 0 Å². The van der Waals surface area contributed by atoms with Crippen molar-refractivity contribution in [3.8, 4) is 22.6 Å². The van der Waals surface area contributed by atoms with Crippen LogP contribution in [0.5, 0.6) is 11.5 Å². The van der Waals surface area contributed by atoms with Crippen molar-refractivity contribution in [2.24, 2.45) is 0 Å². The third-order valence-electron chi connectivity index (χ3n) is 2.85. The first-order valence-electron chi connectivity index (χ1n) is 5.19. The van der Waals surface area contributed by atoms with Gasteiger partial charge >= 0.3 is 0 Å². The zero-order valence-corrected chi connectivity index (χ0v) is 9.36. The van der Waals surface area contributed by atoms with E-state index in [0.717, 1.165) is 22.3 Å². The van der Waals surface area contributed by atoms with E-state index in [1.807, 2.05) is 44.2 Å². The van der Waals surface area contributed by atoms with Gasteiger partial charge < -0.3 is 10.2 Å². The van der Waals surface area contributed by atoms with E-state index in [9.17, 15) is 10.2 Å². The van der Waals surface area contributed by atoms with Crippen molar-refractivity contribution in [1.82, 2.24) is 0 Å². The van der Waals surface area contributed by atoms with Gasteiger partial charge in [0.05, 0.1) is 0 Å². The first kappa shape index (κ1) is 10.6.